The number of nitrogens with zero attached hydrogens (tertiary/aromatic N) is 1. The summed E-state index contributed by atoms with van der Waals surface area (Å²) in [7, 11) is 1.60. The molecule has 0 unspecified atom stereocenters. The zero-order chi connectivity index (χ0) is 21.7. The summed E-state index contributed by atoms with van der Waals surface area (Å²) in [6, 6.07) is 19.3. The van der Waals surface area contributed by atoms with Crippen molar-refractivity contribution in [2.75, 3.05) is 7.11 Å². The lowest BCUT2D eigenvalue weighted by Gasteiger charge is -2.14. The molecule has 0 fully saturated rings. The van der Waals surface area contributed by atoms with Gasteiger partial charge in [-0.1, -0.05) is 59.1 Å². The molecule has 0 saturated carbocycles. The van der Waals surface area contributed by atoms with E-state index < -0.39 is 0 Å². The van der Waals surface area contributed by atoms with Gasteiger partial charge >= 0.3 is 0 Å². The van der Waals surface area contributed by atoms with Crippen molar-refractivity contribution in [3.8, 4) is 17.6 Å². The van der Waals surface area contributed by atoms with Crippen molar-refractivity contribution >= 4 is 57.4 Å². The zero-order valence-electron chi connectivity index (χ0n) is 16.4. The predicted octanol–water partition coefficient (Wildman–Crippen LogP) is 7.56. The molecule has 0 saturated heterocycles. The van der Waals surface area contributed by atoms with Crippen LogP contribution in [0, 0.1) is 21.8 Å². The molecule has 0 atom stereocenters. The van der Waals surface area contributed by atoms with Crippen molar-refractivity contribution in [1.29, 1.82) is 5.26 Å². The molecule has 0 amide bonds. The number of methoxy groups -OCH3 is 1. The van der Waals surface area contributed by atoms with Crippen LogP contribution in [0.5, 0.6) is 11.5 Å². The maximum Gasteiger partial charge on any atom is 0.174 e. The number of hydrogen-bond acceptors (Lipinski definition) is 3. The van der Waals surface area contributed by atoms with E-state index in [-0.39, 0.29) is 0 Å². The first kappa shape index (κ1) is 22.5. The van der Waals surface area contributed by atoms with Gasteiger partial charge in [0.2, 0.25) is 0 Å². The summed E-state index contributed by atoms with van der Waals surface area (Å²) in [5, 5.41) is 10.6. The van der Waals surface area contributed by atoms with Gasteiger partial charge in [0.1, 0.15) is 6.61 Å². The normalized spacial score (nSPS) is 11.1. The van der Waals surface area contributed by atoms with E-state index in [9.17, 15) is 5.26 Å². The maximum absolute atomic E-state index is 9.65. The van der Waals surface area contributed by atoms with Crippen molar-refractivity contribution in [2.45, 2.75) is 13.5 Å². The molecule has 0 spiro atoms. The average molecular weight is 550 g/mol. The maximum atomic E-state index is 9.65. The van der Waals surface area contributed by atoms with Gasteiger partial charge in [0.15, 0.2) is 11.5 Å². The molecule has 0 aliphatic rings. The van der Waals surface area contributed by atoms with Gasteiger partial charge in [-0.2, -0.15) is 5.26 Å². The number of aryl methyl sites for hydroxylation is 1. The molecule has 0 N–H and O–H groups in total. The lowest BCUT2D eigenvalue weighted by atomic mass is 10.0. The Hall–Kier alpha value is -2.20. The molecule has 3 aromatic carbocycles. The van der Waals surface area contributed by atoms with Gasteiger partial charge in [-0.05, 0) is 71.0 Å². The minimum atomic E-state index is 0.426. The fourth-order valence-electron chi connectivity index (χ4n) is 2.85. The fourth-order valence-corrected chi connectivity index (χ4v) is 4.14. The van der Waals surface area contributed by atoms with E-state index in [0.29, 0.717) is 39.3 Å². The molecule has 0 aromatic heterocycles. The molecular formula is C24H18Cl2INO2. The molecule has 0 aliphatic heterocycles. The quantitative estimate of drug-likeness (QED) is 0.181. The topological polar surface area (TPSA) is 42.2 Å². The molecule has 0 heterocycles. The summed E-state index contributed by atoms with van der Waals surface area (Å²) in [5.74, 6) is 1.26. The molecule has 0 radical (unpaired) electrons. The van der Waals surface area contributed by atoms with Gasteiger partial charge in [0, 0.05) is 10.6 Å². The Morgan fingerprint density at radius 2 is 1.83 bits per heavy atom. The third-order valence-electron chi connectivity index (χ3n) is 4.41. The molecular weight excluding hydrogens is 532 g/mol. The van der Waals surface area contributed by atoms with Gasteiger partial charge in [0.05, 0.1) is 27.3 Å². The third-order valence-corrected chi connectivity index (χ3v) is 5.76. The number of halogens is 3. The van der Waals surface area contributed by atoms with Crippen LogP contribution in [0.15, 0.2) is 54.6 Å². The Balaban J connectivity index is 1.91. The van der Waals surface area contributed by atoms with E-state index in [0.717, 1.165) is 14.7 Å². The van der Waals surface area contributed by atoms with Crippen LogP contribution in [0.4, 0.5) is 0 Å². The van der Waals surface area contributed by atoms with Crippen molar-refractivity contribution in [2.24, 2.45) is 0 Å². The lowest BCUT2D eigenvalue weighted by Crippen LogP contribution is -2.00. The van der Waals surface area contributed by atoms with Gasteiger partial charge in [-0.15, -0.1) is 0 Å². The van der Waals surface area contributed by atoms with Crippen LogP contribution in [0.2, 0.25) is 10.0 Å². The van der Waals surface area contributed by atoms with E-state index in [4.69, 9.17) is 32.7 Å². The molecule has 3 nitrogen and oxygen atoms in total. The van der Waals surface area contributed by atoms with Crippen LogP contribution in [0.1, 0.15) is 22.3 Å². The van der Waals surface area contributed by atoms with E-state index in [1.807, 2.05) is 24.3 Å². The van der Waals surface area contributed by atoms with Crippen LogP contribution < -0.4 is 9.47 Å². The van der Waals surface area contributed by atoms with Crippen LogP contribution in [-0.4, -0.2) is 7.11 Å². The third kappa shape index (κ3) is 5.48. The average Bonchev–Trinajstić information content (AvgIpc) is 2.72. The second-order valence-electron chi connectivity index (χ2n) is 6.60. The number of nitriles is 1. The first-order valence-corrected chi connectivity index (χ1v) is 10.9. The van der Waals surface area contributed by atoms with Crippen molar-refractivity contribution in [3.05, 3.63) is 90.5 Å². The van der Waals surface area contributed by atoms with Crippen molar-refractivity contribution < 1.29 is 9.47 Å². The Bertz CT molecular complexity index is 1140. The molecule has 30 heavy (non-hydrogen) atoms. The van der Waals surface area contributed by atoms with Crippen LogP contribution in [-0.2, 0) is 6.61 Å². The Labute approximate surface area is 200 Å². The smallest absolute Gasteiger partial charge is 0.174 e. The highest BCUT2D eigenvalue weighted by Gasteiger charge is 2.13. The second kappa shape index (κ2) is 10.2. The lowest BCUT2D eigenvalue weighted by molar-refractivity contribution is 0.282. The number of ether oxygens (including phenoxy) is 2. The van der Waals surface area contributed by atoms with Gasteiger partial charge < -0.3 is 9.47 Å². The van der Waals surface area contributed by atoms with Crippen LogP contribution >= 0.6 is 45.8 Å². The first-order chi connectivity index (χ1) is 14.4. The highest BCUT2D eigenvalue weighted by Crippen LogP contribution is 2.36. The first-order valence-electron chi connectivity index (χ1n) is 9.04. The van der Waals surface area contributed by atoms with E-state index >= 15 is 0 Å². The monoisotopic (exact) mass is 549 g/mol. The number of hydrogen-bond donors (Lipinski definition) is 0. The fraction of sp³-hybridized carbons (Fsp3) is 0.125. The molecule has 152 valence electrons. The molecule has 3 rings (SSSR count). The zero-order valence-corrected chi connectivity index (χ0v) is 20.0. The largest absolute Gasteiger partial charge is 0.493 e. The van der Waals surface area contributed by atoms with E-state index in [1.165, 1.54) is 5.56 Å². The number of rotatable bonds is 6. The minimum absolute atomic E-state index is 0.426. The van der Waals surface area contributed by atoms with E-state index in [1.54, 1.807) is 31.4 Å². The van der Waals surface area contributed by atoms with Gasteiger partial charge in [0.25, 0.3) is 0 Å². The Kier molecular flexibility index (Phi) is 7.65. The molecule has 6 heteroatoms. The van der Waals surface area contributed by atoms with Gasteiger partial charge in [-0.3, -0.25) is 0 Å². The van der Waals surface area contributed by atoms with E-state index in [2.05, 4.69) is 47.7 Å². The summed E-state index contributed by atoms with van der Waals surface area (Å²) in [5.41, 5.74) is 4.14. The Morgan fingerprint density at radius 1 is 1.10 bits per heavy atom. The minimum Gasteiger partial charge on any atom is -0.493 e. The predicted molar refractivity (Wildman–Crippen MR) is 131 cm³/mol. The van der Waals surface area contributed by atoms with Crippen molar-refractivity contribution in [1.82, 2.24) is 0 Å². The summed E-state index contributed by atoms with van der Waals surface area (Å²) in [4.78, 5) is 0. The van der Waals surface area contributed by atoms with Crippen molar-refractivity contribution in [3.63, 3.8) is 0 Å². The highest BCUT2D eigenvalue weighted by molar-refractivity contribution is 14.1. The summed E-state index contributed by atoms with van der Waals surface area (Å²) < 4.78 is 12.5. The molecule has 3 aromatic rings. The summed E-state index contributed by atoms with van der Waals surface area (Å²) in [6.45, 7) is 2.49. The highest BCUT2D eigenvalue weighted by atomic mass is 127. The SMILES string of the molecule is COc1cc(/C=C(\C#N)c2ccc(Cl)cc2Cl)cc(I)c1OCc1ccc(C)cc1. The standard InChI is InChI=1S/C24H18Cl2INO2/c1-15-3-5-16(6-4-15)14-30-24-22(27)10-17(11-23(24)29-2)9-18(13-28)20-8-7-19(25)12-21(20)26/h3-12H,14H2,1-2H3/b18-9+. The summed E-state index contributed by atoms with van der Waals surface area (Å²) >= 11 is 14.4. The Morgan fingerprint density at radius 3 is 2.47 bits per heavy atom. The second-order valence-corrected chi connectivity index (χ2v) is 8.61. The van der Waals surface area contributed by atoms with Gasteiger partial charge in [-0.25, -0.2) is 0 Å². The molecule has 0 aliphatic carbocycles. The molecule has 0 bridgehead atoms. The van der Waals surface area contributed by atoms with Crippen LogP contribution in [0.25, 0.3) is 11.6 Å². The number of benzene rings is 3. The summed E-state index contributed by atoms with van der Waals surface area (Å²) in [6.07, 6.45) is 1.77. The number of allylic oxidation sites excluding steroid dienone is 1. The van der Waals surface area contributed by atoms with Crippen LogP contribution in [0.3, 0.4) is 0 Å².